The predicted octanol–water partition coefficient (Wildman–Crippen LogP) is 2.28. The predicted molar refractivity (Wildman–Crippen MR) is 58.1 cm³/mol. The van der Waals surface area contributed by atoms with Crippen LogP contribution >= 0.6 is 27.5 Å². The fourth-order valence-corrected chi connectivity index (χ4v) is 1.62. The van der Waals surface area contributed by atoms with E-state index in [1.807, 2.05) is 0 Å². The first-order valence-corrected chi connectivity index (χ1v) is 5.01. The molecule has 1 unspecified atom stereocenters. The molecule has 0 bridgehead atoms. The fourth-order valence-electron chi connectivity index (χ4n) is 1.01. The van der Waals surface area contributed by atoms with E-state index in [4.69, 9.17) is 17.3 Å². The van der Waals surface area contributed by atoms with Crippen molar-refractivity contribution < 1.29 is 9.53 Å². The van der Waals surface area contributed by atoms with Gasteiger partial charge in [0.05, 0.1) is 7.11 Å². The van der Waals surface area contributed by atoms with Gasteiger partial charge in [0.25, 0.3) is 0 Å². The highest BCUT2D eigenvalue weighted by Crippen LogP contribution is 2.25. The largest absolute Gasteiger partial charge is 0.468 e. The third kappa shape index (κ3) is 2.47. The van der Waals surface area contributed by atoms with Crippen molar-refractivity contribution in [3.63, 3.8) is 0 Å². The molecule has 2 N–H and O–H groups in total. The van der Waals surface area contributed by atoms with E-state index in [0.29, 0.717) is 10.6 Å². The van der Waals surface area contributed by atoms with E-state index < -0.39 is 12.0 Å². The normalized spacial score (nSPS) is 12.3. The van der Waals surface area contributed by atoms with Gasteiger partial charge in [-0.25, -0.2) is 0 Å². The van der Waals surface area contributed by atoms with Crippen LogP contribution in [0.3, 0.4) is 0 Å². The lowest BCUT2D eigenvalue weighted by Crippen LogP contribution is -2.22. The van der Waals surface area contributed by atoms with E-state index in [1.54, 1.807) is 18.2 Å². The van der Waals surface area contributed by atoms with Crippen molar-refractivity contribution in [2.24, 2.45) is 5.73 Å². The van der Waals surface area contributed by atoms with Crippen LogP contribution in [-0.4, -0.2) is 13.1 Å². The third-order valence-corrected chi connectivity index (χ3v) is 2.59. The van der Waals surface area contributed by atoms with E-state index in [-0.39, 0.29) is 0 Å². The van der Waals surface area contributed by atoms with Gasteiger partial charge in [0, 0.05) is 9.50 Å². The van der Waals surface area contributed by atoms with Crippen molar-refractivity contribution in [2.75, 3.05) is 7.11 Å². The number of hydrogen-bond donors (Lipinski definition) is 1. The molecule has 76 valence electrons. The van der Waals surface area contributed by atoms with Crippen LogP contribution in [0.4, 0.5) is 0 Å². The zero-order valence-corrected chi connectivity index (χ0v) is 9.80. The van der Waals surface area contributed by atoms with Crippen LogP contribution < -0.4 is 5.73 Å². The zero-order valence-electron chi connectivity index (χ0n) is 7.46. The highest BCUT2D eigenvalue weighted by Gasteiger charge is 2.19. The Hall–Kier alpha value is -0.580. The van der Waals surface area contributed by atoms with Gasteiger partial charge in [0.2, 0.25) is 0 Å². The minimum atomic E-state index is -0.843. The number of carbonyl (C=O) groups is 1. The van der Waals surface area contributed by atoms with E-state index in [0.717, 1.165) is 4.47 Å². The van der Waals surface area contributed by atoms with Gasteiger partial charge in [-0.1, -0.05) is 27.5 Å². The minimum absolute atomic E-state index is 0.450. The first-order valence-electron chi connectivity index (χ1n) is 3.84. The summed E-state index contributed by atoms with van der Waals surface area (Å²) in [6.07, 6.45) is 0. The van der Waals surface area contributed by atoms with Gasteiger partial charge in [0.1, 0.15) is 6.04 Å². The van der Waals surface area contributed by atoms with E-state index >= 15 is 0 Å². The number of methoxy groups -OCH3 is 1. The molecule has 1 atom stereocenters. The van der Waals surface area contributed by atoms with Crippen LogP contribution in [0.25, 0.3) is 0 Å². The molecule has 14 heavy (non-hydrogen) atoms. The van der Waals surface area contributed by atoms with Gasteiger partial charge < -0.3 is 10.5 Å². The molecule has 5 heteroatoms. The van der Waals surface area contributed by atoms with E-state index in [1.165, 1.54) is 7.11 Å². The quantitative estimate of drug-likeness (QED) is 0.844. The molecule has 0 aliphatic carbocycles. The van der Waals surface area contributed by atoms with E-state index in [9.17, 15) is 4.79 Å². The Bertz CT molecular complexity index is 357. The standard InChI is InChI=1S/C9H9BrClNO2/c1-14-9(13)8(12)6-4-5(10)2-3-7(6)11/h2-4,8H,12H2,1H3. The maximum Gasteiger partial charge on any atom is 0.327 e. The molecule has 0 aliphatic heterocycles. The number of benzene rings is 1. The maximum absolute atomic E-state index is 11.2. The van der Waals surface area contributed by atoms with Crippen molar-refractivity contribution in [2.45, 2.75) is 6.04 Å². The lowest BCUT2D eigenvalue weighted by molar-refractivity contribution is -0.142. The highest BCUT2D eigenvalue weighted by atomic mass is 79.9. The molecule has 1 rings (SSSR count). The molecule has 0 saturated carbocycles. The smallest absolute Gasteiger partial charge is 0.327 e. The molecule has 0 radical (unpaired) electrons. The second-order valence-electron chi connectivity index (χ2n) is 2.67. The molecule has 0 fully saturated rings. The Morgan fingerprint density at radius 3 is 2.86 bits per heavy atom. The lowest BCUT2D eigenvalue weighted by Gasteiger charge is -2.11. The molecule has 0 spiro atoms. The molecule has 0 saturated heterocycles. The molecule has 0 aromatic heterocycles. The molecule has 1 aromatic carbocycles. The SMILES string of the molecule is COC(=O)C(N)c1cc(Br)ccc1Cl. The average Bonchev–Trinajstić information content (AvgIpc) is 2.19. The zero-order chi connectivity index (χ0) is 10.7. The number of esters is 1. The van der Waals surface area contributed by atoms with Crippen LogP contribution in [0, 0.1) is 0 Å². The number of nitrogens with two attached hydrogens (primary N) is 1. The van der Waals surface area contributed by atoms with E-state index in [2.05, 4.69) is 20.7 Å². The lowest BCUT2D eigenvalue weighted by atomic mass is 10.1. The number of ether oxygens (including phenoxy) is 1. The first-order chi connectivity index (χ1) is 6.56. The Kier molecular flexibility index (Phi) is 3.92. The van der Waals surface area contributed by atoms with Gasteiger partial charge in [0.15, 0.2) is 0 Å². The van der Waals surface area contributed by atoms with Crippen LogP contribution in [0.15, 0.2) is 22.7 Å². The Morgan fingerprint density at radius 2 is 2.29 bits per heavy atom. The second-order valence-corrected chi connectivity index (χ2v) is 3.99. The van der Waals surface area contributed by atoms with Crippen molar-refractivity contribution in [1.82, 2.24) is 0 Å². The van der Waals surface area contributed by atoms with Crippen LogP contribution in [-0.2, 0) is 9.53 Å². The second kappa shape index (κ2) is 4.77. The summed E-state index contributed by atoms with van der Waals surface area (Å²) in [7, 11) is 1.29. The van der Waals surface area contributed by atoms with Gasteiger partial charge in [-0.05, 0) is 23.8 Å². The number of rotatable bonds is 2. The summed E-state index contributed by atoms with van der Waals surface area (Å²) in [6.45, 7) is 0. The topological polar surface area (TPSA) is 52.3 Å². The maximum atomic E-state index is 11.2. The minimum Gasteiger partial charge on any atom is -0.468 e. The number of hydrogen-bond acceptors (Lipinski definition) is 3. The van der Waals surface area contributed by atoms with Crippen molar-refractivity contribution in [3.05, 3.63) is 33.3 Å². The van der Waals surface area contributed by atoms with Gasteiger partial charge in [-0.2, -0.15) is 0 Å². The van der Waals surface area contributed by atoms with Crippen LogP contribution in [0.2, 0.25) is 5.02 Å². The molecule has 0 heterocycles. The summed E-state index contributed by atoms with van der Waals surface area (Å²) in [5, 5.41) is 0.450. The molecule has 0 amide bonds. The molecular weight excluding hydrogens is 269 g/mol. The summed E-state index contributed by atoms with van der Waals surface area (Å²) >= 11 is 9.15. The number of carbonyl (C=O) groups excluding carboxylic acids is 1. The molecule has 1 aromatic rings. The Labute approximate surface area is 95.3 Å². The summed E-state index contributed by atoms with van der Waals surface area (Å²) in [5.41, 5.74) is 6.19. The summed E-state index contributed by atoms with van der Waals surface area (Å²) in [4.78, 5) is 11.2. The molecule has 0 aliphatic rings. The monoisotopic (exact) mass is 277 g/mol. The highest BCUT2D eigenvalue weighted by molar-refractivity contribution is 9.10. The van der Waals surface area contributed by atoms with Crippen LogP contribution in [0.1, 0.15) is 11.6 Å². The fraction of sp³-hybridized carbons (Fsp3) is 0.222. The van der Waals surface area contributed by atoms with Gasteiger partial charge >= 0.3 is 5.97 Å². The van der Waals surface area contributed by atoms with Crippen molar-refractivity contribution >= 4 is 33.5 Å². The summed E-state index contributed by atoms with van der Waals surface area (Å²) < 4.78 is 5.34. The number of halogens is 2. The van der Waals surface area contributed by atoms with Crippen molar-refractivity contribution in [3.8, 4) is 0 Å². The van der Waals surface area contributed by atoms with Gasteiger partial charge in [-0.3, -0.25) is 4.79 Å². The average molecular weight is 279 g/mol. The van der Waals surface area contributed by atoms with Crippen molar-refractivity contribution in [1.29, 1.82) is 0 Å². The third-order valence-electron chi connectivity index (χ3n) is 1.75. The summed E-state index contributed by atoms with van der Waals surface area (Å²) in [5.74, 6) is -0.509. The first kappa shape index (κ1) is 11.5. The van der Waals surface area contributed by atoms with Gasteiger partial charge in [-0.15, -0.1) is 0 Å². The molecule has 3 nitrogen and oxygen atoms in total. The Balaban J connectivity index is 3.05. The Morgan fingerprint density at radius 1 is 1.64 bits per heavy atom. The molecular formula is C9H9BrClNO2. The summed E-state index contributed by atoms with van der Waals surface area (Å²) in [6, 6.07) is 4.30. The van der Waals surface area contributed by atoms with Crippen LogP contribution in [0.5, 0.6) is 0 Å².